The summed E-state index contributed by atoms with van der Waals surface area (Å²) >= 11 is 0. The minimum absolute atomic E-state index is 0.0266. The van der Waals surface area contributed by atoms with Gasteiger partial charge in [0.1, 0.15) is 20.0 Å². The van der Waals surface area contributed by atoms with Crippen LogP contribution < -0.4 is 5.59 Å². The summed E-state index contributed by atoms with van der Waals surface area (Å²) in [6.45, 7) is 0.0266. The van der Waals surface area contributed by atoms with Gasteiger partial charge in [-0.3, -0.25) is 4.98 Å². The van der Waals surface area contributed by atoms with Crippen LogP contribution in [0.1, 0.15) is 5.56 Å². The number of hydrogen-bond donors (Lipinski definition) is 2. The van der Waals surface area contributed by atoms with Gasteiger partial charge < -0.3 is 10.1 Å². The summed E-state index contributed by atoms with van der Waals surface area (Å²) in [5, 5.41) is 8.99. The highest BCUT2D eigenvalue weighted by Crippen LogP contribution is 2.18. The number of H-pyrrole nitrogens is 1. The minimum Gasteiger partial charge on any atom is -0.392 e. The number of aliphatic hydroxyl groups excluding tert-OH is 1. The zero-order chi connectivity index (χ0) is 12.5. The van der Waals surface area contributed by atoms with Crippen molar-refractivity contribution in [2.45, 2.75) is 6.61 Å². The Hall–Kier alpha value is -2.21. The lowest BCUT2D eigenvalue weighted by Crippen LogP contribution is -2.09. The number of aromatic amines is 1. The molecule has 3 aromatic rings. The third-order valence-corrected chi connectivity index (χ3v) is 2.73. The lowest BCUT2D eigenvalue weighted by atomic mass is 10.0. The van der Waals surface area contributed by atoms with Crippen molar-refractivity contribution in [2.75, 3.05) is 0 Å². The molecule has 18 heavy (non-hydrogen) atoms. The molecule has 0 unspecified atom stereocenters. The number of imidazole rings is 1. The first-order chi connectivity index (χ1) is 8.78. The largest absolute Gasteiger partial charge is 0.392 e. The van der Waals surface area contributed by atoms with Crippen LogP contribution in [0.5, 0.6) is 0 Å². The Morgan fingerprint density at radius 1 is 1.17 bits per heavy atom. The predicted octanol–water partition coefficient (Wildman–Crippen LogP) is 0.306. The Kier molecular flexibility index (Phi) is 2.57. The van der Waals surface area contributed by atoms with Gasteiger partial charge in [-0.05, 0) is 5.56 Å². The summed E-state index contributed by atoms with van der Waals surface area (Å²) in [5.74, 6) is 0.682. The van der Waals surface area contributed by atoms with E-state index in [1.54, 1.807) is 0 Å². The van der Waals surface area contributed by atoms with E-state index in [-0.39, 0.29) is 6.61 Å². The molecule has 3 rings (SSSR count). The van der Waals surface area contributed by atoms with Crippen LogP contribution in [-0.2, 0) is 6.61 Å². The Morgan fingerprint density at radius 2 is 1.94 bits per heavy atom. The molecular weight excluding hydrogens is 227 g/mol. The van der Waals surface area contributed by atoms with Gasteiger partial charge in [-0.1, -0.05) is 24.3 Å². The molecule has 2 heterocycles. The van der Waals surface area contributed by atoms with Gasteiger partial charge in [0, 0.05) is 11.2 Å². The van der Waals surface area contributed by atoms with Crippen molar-refractivity contribution in [3.05, 3.63) is 36.2 Å². The van der Waals surface area contributed by atoms with Gasteiger partial charge in [0.2, 0.25) is 0 Å². The monoisotopic (exact) mass is 236 g/mol. The average molecular weight is 236 g/mol. The molecule has 0 atom stereocenters. The first kappa shape index (κ1) is 10.9. The van der Waals surface area contributed by atoms with E-state index in [9.17, 15) is 0 Å². The van der Waals surface area contributed by atoms with Crippen molar-refractivity contribution in [3.8, 4) is 11.4 Å². The first-order valence-corrected chi connectivity index (χ1v) is 5.44. The molecule has 0 saturated heterocycles. The number of nitrogens with zero attached hydrogens (tertiary/aromatic N) is 3. The van der Waals surface area contributed by atoms with Crippen LogP contribution in [0, 0.1) is 0 Å². The highest BCUT2D eigenvalue weighted by Gasteiger charge is 2.07. The second kappa shape index (κ2) is 4.23. The van der Waals surface area contributed by atoms with Gasteiger partial charge in [0.15, 0.2) is 5.65 Å². The van der Waals surface area contributed by atoms with E-state index >= 15 is 0 Å². The standard InChI is InChI=1S/C12H9BN4O/c13-10-9-12(15-6-14-10)17-11(16-9)8-3-1-7(5-18)2-4-8/h1-4,6,18H,5H2,(H,14,15,16,17). The van der Waals surface area contributed by atoms with Crippen LogP contribution in [-0.4, -0.2) is 32.9 Å². The van der Waals surface area contributed by atoms with Crippen LogP contribution >= 0.6 is 0 Å². The molecule has 86 valence electrons. The molecule has 0 aliphatic heterocycles. The summed E-state index contributed by atoms with van der Waals surface area (Å²) in [7, 11) is 5.74. The zero-order valence-electron chi connectivity index (χ0n) is 9.46. The molecule has 0 aliphatic carbocycles. The van der Waals surface area contributed by atoms with Gasteiger partial charge >= 0.3 is 0 Å². The average Bonchev–Trinajstić information content (AvgIpc) is 2.84. The highest BCUT2D eigenvalue weighted by molar-refractivity contribution is 6.36. The topological polar surface area (TPSA) is 74.7 Å². The smallest absolute Gasteiger partial charge is 0.180 e. The van der Waals surface area contributed by atoms with Crippen molar-refractivity contribution >= 4 is 24.6 Å². The Morgan fingerprint density at radius 3 is 2.61 bits per heavy atom. The van der Waals surface area contributed by atoms with Crippen LogP contribution in [0.2, 0.25) is 0 Å². The summed E-state index contributed by atoms with van der Waals surface area (Å²) in [6.07, 6.45) is 1.39. The van der Waals surface area contributed by atoms with E-state index in [1.165, 1.54) is 6.33 Å². The van der Waals surface area contributed by atoms with E-state index in [0.29, 0.717) is 22.6 Å². The molecule has 2 radical (unpaired) electrons. The van der Waals surface area contributed by atoms with Crippen molar-refractivity contribution < 1.29 is 5.11 Å². The summed E-state index contributed by atoms with van der Waals surface area (Å²) in [6, 6.07) is 7.45. The minimum atomic E-state index is 0.0266. The molecule has 5 nitrogen and oxygen atoms in total. The second-order valence-corrected chi connectivity index (χ2v) is 3.90. The van der Waals surface area contributed by atoms with Crippen LogP contribution in [0.3, 0.4) is 0 Å². The number of aliphatic hydroxyl groups is 1. The Labute approximate surface area is 104 Å². The van der Waals surface area contributed by atoms with Gasteiger partial charge in [-0.2, -0.15) is 0 Å². The van der Waals surface area contributed by atoms with Crippen molar-refractivity contribution in [3.63, 3.8) is 0 Å². The van der Waals surface area contributed by atoms with E-state index in [1.807, 2.05) is 24.3 Å². The molecule has 0 bridgehead atoms. The van der Waals surface area contributed by atoms with Gasteiger partial charge in [0.25, 0.3) is 0 Å². The molecule has 0 saturated carbocycles. The van der Waals surface area contributed by atoms with E-state index < -0.39 is 0 Å². The molecule has 1 aromatic carbocycles. The molecular formula is C12H9BN4O. The van der Waals surface area contributed by atoms with Gasteiger partial charge in [-0.25, -0.2) is 9.97 Å². The third-order valence-electron chi connectivity index (χ3n) is 2.73. The van der Waals surface area contributed by atoms with E-state index in [0.717, 1.165) is 11.1 Å². The summed E-state index contributed by atoms with van der Waals surface area (Å²) in [5.41, 5.74) is 3.33. The molecule has 0 aliphatic rings. The number of rotatable bonds is 2. The zero-order valence-corrected chi connectivity index (χ0v) is 9.46. The fourth-order valence-electron chi connectivity index (χ4n) is 1.75. The maximum atomic E-state index is 8.99. The molecule has 0 spiro atoms. The SMILES string of the molecule is [B]c1ncnc2nc(-c3ccc(CO)cc3)[nH]c12. The van der Waals surface area contributed by atoms with Crippen LogP contribution in [0.25, 0.3) is 22.6 Å². The summed E-state index contributed by atoms with van der Waals surface area (Å²) in [4.78, 5) is 15.4. The third kappa shape index (κ3) is 1.76. The lowest BCUT2D eigenvalue weighted by Gasteiger charge is -1.98. The van der Waals surface area contributed by atoms with Gasteiger partial charge in [0.05, 0.1) is 12.1 Å². The fourth-order valence-corrected chi connectivity index (χ4v) is 1.75. The maximum Gasteiger partial charge on any atom is 0.180 e. The quantitative estimate of drug-likeness (QED) is 0.628. The normalized spacial score (nSPS) is 10.9. The number of aromatic nitrogens is 4. The first-order valence-electron chi connectivity index (χ1n) is 5.44. The number of fused-ring (bicyclic) bond motifs is 1. The number of benzene rings is 1. The maximum absolute atomic E-state index is 8.99. The molecule has 2 aromatic heterocycles. The fraction of sp³-hybridized carbons (Fsp3) is 0.0833. The molecule has 0 fully saturated rings. The van der Waals surface area contributed by atoms with Crippen LogP contribution in [0.15, 0.2) is 30.6 Å². The molecule has 2 N–H and O–H groups in total. The van der Waals surface area contributed by atoms with Crippen molar-refractivity contribution in [2.24, 2.45) is 0 Å². The molecule has 0 amide bonds. The van der Waals surface area contributed by atoms with Crippen molar-refractivity contribution in [1.29, 1.82) is 0 Å². The van der Waals surface area contributed by atoms with E-state index in [4.69, 9.17) is 13.0 Å². The predicted molar refractivity (Wildman–Crippen MR) is 68.4 cm³/mol. The van der Waals surface area contributed by atoms with Gasteiger partial charge in [-0.15, -0.1) is 0 Å². The number of hydrogen-bond acceptors (Lipinski definition) is 4. The molecule has 6 heteroatoms. The van der Waals surface area contributed by atoms with Crippen LogP contribution in [0.4, 0.5) is 0 Å². The van der Waals surface area contributed by atoms with E-state index in [2.05, 4.69) is 19.9 Å². The Balaban J connectivity index is 2.10. The summed E-state index contributed by atoms with van der Waals surface area (Å²) < 4.78 is 0. The lowest BCUT2D eigenvalue weighted by molar-refractivity contribution is 0.282. The second-order valence-electron chi connectivity index (χ2n) is 3.90. The Bertz CT molecular complexity index is 693. The number of nitrogens with one attached hydrogen (secondary N) is 1. The van der Waals surface area contributed by atoms with Crippen molar-refractivity contribution in [1.82, 2.24) is 19.9 Å². The highest BCUT2D eigenvalue weighted by atomic mass is 16.3.